The normalized spacial score (nSPS) is 16.8. The van der Waals surface area contributed by atoms with Gasteiger partial charge >= 0.3 is 5.97 Å². The molecule has 6 nitrogen and oxygen atoms in total. The molecule has 0 aromatic heterocycles. The van der Waals surface area contributed by atoms with Gasteiger partial charge in [-0.1, -0.05) is 11.6 Å². The Morgan fingerprint density at radius 2 is 1.75 bits per heavy atom. The maximum atomic E-state index is 12.8. The average molecular weight is 402 g/mol. The monoisotopic (exact) mass is 401 g/mol. The molecule has 1 aromatic rings. The smallest absolute Gasteiger partial charge is 0.331 e. The van der Waals surface area contributed by atoms with Crippen LogP contribution in [0.15, 0.2) is 29.4 Å². The zero-order valence-corrected chi connectivity index (χ0v) is 16.5. The summed E-state index contributed by atoms with van der Waals surface area (Å²) in [6.07, 6.45) is 5.64. The van der Waals surface area contributed by atoms with E-state index in [1.54, 1.807) is 19.1 Å². The minimum absolute atomic E-state index is 0.264. The first-order valence-corrected chi connectivity index (χ1v) is 9.42. The molecule has 1 heterocycles. The zero-order valence-electron chi connectivity index (χ0n) is 15.7. The molecule has 1 aromatic carbocycles. The van der Waals surface area contributed by atoms with Crippen LogP contribution in [0.5, 0.6) is 0 Å². The second-order valence-corrected chi connectivity index (χ2v) is 7.32. The Morgan fingerprint density at radius 1 is 1.14 bits per heavy atom. The summed E-state index contributed by atoms with van der Waals surface area (Å²) in [6, 6.07) is 3.26. The van der Waals surface area contributed by atoms with Gasteiger partial charge in [0.2, 0.25) is 0 Å². The van der Waals surface area contributed by atoms with Gasteiger partial charge < -0.3 is 4.74 Å². The average Bonchev–Trinajstić information content (AvgIpc) is 2.91. The molecule has 1 aliphatic carbocycles. The van der Waals surface area contributed by atoms with Crippen molar-refractivity contribution >= 4 is 46.9 Å². The molecule has 28 heavy (non-hydrogen) atoms. The quantitative estimate of drug-likeness (QED) is 0.428. The molecule has 0 bridgehead atoms. The fourth-order valence-electron chi connectivity index (χ4n) is 3.38. The van der Waals surface area contributed by atoms with Gasteiger partial charge in [-0.15, -0.1) is 0 Å². The zero-order chi connectivity index (χ0) is 20.4. The standard InChI is InChI=1S/C21H20ClNO5/c1-12-9-17(22)14(7-8-19(25)28-11-13(2)24)10-18(12)23-20(26)15-5-3-4-6-16(15)21(23)27/h7-10H,3-6,11H2,1-2H3. The highest BCUT2D eigenvalue weighted by atomic mass is 35.5. The van der Waals surface area contributed by atoms with Crippen LogP contribution in [0.3, 0.4) is 0 Å². The van der Waals surface area contributed by atoms with Crippen molar-refractivity contribution in [2.24, 2.45) is 0 Å². The van der Waals surface area contributed by atoms with E-state index >= 15 is 0 Å². The number of imide groups is 1. The predicted molar refractivity (Wildman–Crippen MR) is 105 cm³/mol. The van der Waals surface area contributed by atoms with E-state index < -0.39 is 5.97 Å². The summed E-state index contributed by atoms with van der Waals surface area (Å²) < 4.78 is 4.77. The fourth-order valence-corrected chi connectivity index (χ4v) is 3.66. The first-order valence-electron chi connectivity index (χ1n) is 9.05. The van der Waals surface area contributed by atoms with Crippen LogP contribution < -0.4 is 4.90 Å². The third-order valence-corrected chi connectivity index (χ3v) is 5.09. The number of benzene rings is 1. The van der Waals surface area contributed by atoms with Crippen molar-refractivity contribution in [3.63, 3.8) is 0 Å². The first-order chi connectivity index (χ1) is 13.3. The molecule has 0 spiro atoms. The second kappa shape index (κ2) is 8.10. The van der Waals surface area contributed by atoms with E-state index in [4.69, 9.17) is 16.3 Å². The van der Waals surface area contributed by atoms with E-state index in [0.717, 1.165) is 18.9 Å². The summed E-state index contributed by atoms with van der Waals surface area (Å²) in [7, 11) is 0. The lowest BCUT2D eigenvalue weighted by Crippen LogP contribution is -2.32. The highest BCUT2D eigenvalue weighted by Crippen LogP contribution is 2.38. The van der Waals surface area contributed by atoms with Crippen LogP contribution in [0.2, 0.25) is 5.02 Å². The van der Waals surface area contributed by atoms with Gasteiger partial charge in [0.05, 0.1) is 5.69 Å². The van der Waals surface area contributed by atoms with Crippen LogP contribution in [0.1, 0.15) is 43.7 Å². The van der Waals surface area contributed by atoms with Gasteiger partial charge in [-0.3, -0.25) is 14.4 Å². The molecule has 3 rings (SSSR count). The van der Waals surface area contributed by atoms with E-state index in [1.807, 2.05) is 0 Å². The number of ketones is 1. The summed E-state index contributed by atoms with van der Waals surface area (Å²) in [5, 5.41) is 0.369. The van der Waals surface area contributed by atoms with Crippen molar-refractivity contribution in [2.75, 3.05) is 11.5 Å². The number of carbonyl (C=O) groups is 4. The molecule has 0 saturated carbocycles. The molecule has 0 N–H and O–H groups in total. The van der Waals surface area contributed by atoms with E-state index in [1.165, 1.54) is 17.9 Å². The lowest BCUT2D eigenvalue weighted by molar-refractivity contribution is -0.142. The van der Waals surface area contributed by atoms with Crippen LogP contribution in [-0.2, 0) is 23.9 Å². The number of aryl methyl sites for hydroxylation is 1. The second-order valence-electron chi connectivity index (χ2n) is 6.91. The van der Waals surface area contributed by atoms with E-state index in [2.05, 4.69) is 0 Å². The topological polar surface area (TPSA) is 80.8 Å². The first kappa shape index (κ1) is 20.0. The van der Waals surface area contributed by atoms with Gasteiger partial charge in [0.1, 0.15) is 6.61 Å². The van der Waals surface area contributed by atoms with Crippen molar-refractivity contribution < 1.29 is 23.9 Å². The van der Waals surface area contributed by atoms with Crippen molar-refractivity contribution in [1.82, 2.24) is 0 Å². The summed E-state index contributed by atoms with van der Waals surface area (Å²) in [6.45, 7) is 2.79. The molecule has 0 radical (unpaired) electrons. The van der Waals surface area contributed by atoms with E-state index in [-0.39, 0.29) is 24.2 Å². The highest BCUT2D eigenvalue weighted by molar-refractivity contribution is 6.34. The van der Waals surface area contributed by atoms with Gasteiger partial charge in [0.15, 0.2) is 5.78 Å². The van der Waals surface area contributed by atoms with Crippen molar-refractivity contribution in [2.45, 2.75) is 39.5 Å². The number of esters is 1. The molecular formula is C21H20ClNO5. The SMILES string of the molecule is CC(=O)COC(=O)C=Cc1cc(N2C(=O)C3=C(CCCC3)C2=O)c(C)cc1Cl. The minimum atomic E-state index is -0.682. The van der Waals surface area contributed by atoms with Gasteiger partial charge in [-0.25, -0.2) is 9.69 Å². The number of hydrogen-bond acceptors (Lipinski definition) is 5. The van der Waals surface area contributed by atoms with Crippen LogP contribution in [-0.4, -0.2) is 30.2 Å². The van der Waals surface area contributed by atoms with E-state index in [0.29, 0.717) is 45.8 Å². The highest BCUT2D eigenvalue weighted by Gasteiger charge is 2.40. The molecule has 0 unspecified atom stereocenters. The molecule has 1 aliphatic heterocycles. The number of rotatable bonds is 5. The largest absolute Gasteiger partial charge is 0.455 e. The lowest BCUT2D eigenvalue weighted by Gasteiger charge is -2.19. The number of hydrogen-bond donors (Lipinski definition) is 0. The molecular weight excluding hydrogens is 382 g/mol. The van der Waals surface area contributed by atoms with Crippen molar-refractivity contribution in [1.29, 1.82) is 0 Å². The molecule has 0 fully saturated rings. The molecule has 0 saturated heterocycles. The molecule has 0 atom stereocenters. The van der Waals surface area contributed by atoms with Crippen molar-refractivity contribution in [3.05, 3.63) is 45.5 Å². The predicted octanol–water partition coefficient (Wildman–Crippen LogP) is 3.54. The number of anilines is 1. The number of nitrogens with zero attached hydrogens (tertiary/aromatic N) is 1. The Morgan fingerprint density at radius 3 is 2.32 bits per heavy atom. The third kappa shape index (κ3) is 3.92. The summed E-state index contributed by atoms with van der Waals surface area (Å²) in [5.74, 6) is -1.50. The minimum Gasteiger partial charge on any atom is -0.455 e. The number of ether oxygens (including phenoxy) is 1. The Hall–Kier alpha value is -2.73. The Balaban J connectivity index is 1.88. The van der Waals surface area contributed by atoms with Crippen LogP contribution in [0.4, 0.5) is 5.69 Å². The summed E-state index contributed by atoms with van der Waals surface area (Å²) >= 11 is 6.26. The van der Waals surface area contributed by atoms with Crippen LogP contribution >= 0.6 is 11.6 Å². The molecule has 2 amide bonds. The maximum absolute atomic E-state index is 12.8. The molecule has 146 valence electrons. The Bertz CT molecular complexity index is 916. The third-order valence-electron chi connectivity index (χ3n) is 4.76. The number of halogens is 1. The van der Waals surface area contributed by atoms with Gasteiger partial charge in [-0.2, -0.15) is 0 Å². The van der Waals surface area contributed by atoms with Gasteiger partial charge in [0, 0.05) is 22.2 Å². The van der Waals surface area contributed by atoms with Crippen LogP contribution in [0, 0.1) is 6.92 Å². The Kier molecular flexibility index (Phi) is 5.79. The molecule has 2 aliphatic rings. The lowest BCUT2D eigenvalue weighted by atomic mass is 9.93. The number of amides is 2. The fraction of sp³-hybridized carbons (Fsp3) is 0.333. The maximum Gasteiger partial charge on any atom is 0.331 e. The Labute approximate surface area is 167 Å². The number of carbonyl (C=O) groups excluding carboxylic acids is 4. The van der Waals surface area contributed by atoms with Gasteiger partial charge in [-0.05, 0) is 68.9 Å². The van der Waals surface area contributed by atoms with Crippen LogP contribution in [0.25, 0.3) is 6.08 Å². The van der Waals surface area contributed by atoms with Gasteiger partial charge in [0.25, 0.3) is 11.8 Å². The van der Waals surface area contributed by atoms with E-state index in [9.17, 15) is 19.2 Å². The van der Waals surface area contributed by atoms with Crippen molar-refractivity contribution in [3.8, 4) is 0 Å². The summed E-state index contributed by atoms with van der Waals surface area (Å²) in [4.78, 5) is 49.4. The molecule has 7 heteroatoms. The number of Topliss-reactive ketones (excluding diaryl/α,β-unsaturated/α-hetero) is 1. The summed E-state index contributed by atoms with van der Waals surface area (Å²) in [5.41, 5.74) is 2.81.